The van der Waals surface area contributed by atoms with Crippen LogP contribution in [0.5, 0.6) is 0 Å². The Morgan fingerprint density at radius 2 is 2.12 bits per heavy atom. The molecule has 0 radical (unpaired) electrons. The highest BCUT2D eigenvalue weighted by molar-refractivity contribution is 5.21. The van der Waals surface area contributed by atoms with Crippen molar-refractivity contribution in [3.05, 3.63) is 30.1 Å². The summed E-state index contributed by atoms with van der Waals surface area (Å²) < 4.78 is 0. The summed E-state index contributed by atoms with van der Waals surface area (Å²) >= 11 is 0. The molecular formula is C13H18N4. The van der Waals surface area contributed by atoms with E-state index in [2.05, 4.69) is 34.8 Å². The van der Waals surface area contributed by atoms with E-state index in [0.29, 0.717) is 6.04 Å². The van der Waals surface area contributed by atoms with E-state index in [1.165, 1.54) is 0 Å². The van der Waals surface area contributed by atoms with E-state index in [1.807, 2.05) is 12.1 Å². The van der Waals surface area contributed by atoms with Crippen LogP contribution in [0.2, 0.25) is 0 Å². The molecule has 90 valence electrons. The second kappa shape index (κ2) is 5.26. The van der Waals surface area contributed by atoms with E-state index in [9.17, 15) is 5.26 Å². The Hall–Kier alpha value is -1.44. The molecule has 1 aromatic rings. The molecule has 0 aromatic carbocycles. The molecule has 0 amide bonds. The van der Waals surface area contributed by atoms with Crippen LogP contribution in [-0.2, 0) is 0 Å². The smallest absolute Gasteiger partial charge is 0.124 e. The fraction of sp³-hybridized carbons (Fsp3) is 0.538. The van der Waals surface area contributed by atoms with Gasteiger partial charge in [0.05, 0.1) is 6.07 Å². The van der Waals surface area contributed by atoms with Gasteiger partial charge in [-0.1, -0.05) is 0 Å². The zero-order chi connectivity index (χ0) is 12.3. The van der Waals surface area contributed by atoms with Crippen molar-refractivity contribution in [2.24, 2.45) is 0 Å². The first-order valence-electron chi connectivity index (χ1n) is 5.96. The highest BCUT2D eigenvalue weighted by Crippen LogP contribution is 2.22. The number of hydrogen-bond donors (Lipinski definition) is 0. The molecule has 2 heterocycles. The predicted molar refractivity (Wildman–Crippen MR) is 66.3 cm³/mol. The van der Waals surface area contributed by atoms with Gasteiger partial charge in [-0.2, -0.15) is 5.26 Å². The van der Waals surface area contributed by atoms with Gasteiger partial charge in [0.15, 0.2) is 0 Å². The van der Waals surface area contributed by atoms with E-state index >= 15 is 0 Å². The lowest BCUT2D eigenvalue weighted by atomic mass is 10.1. The van der Waals surface area contributed by atoms with Crippen LogP contribution in [0.4, 0.5) is 0 Å². The Morgan fingerprint density at radius 3 is 2.71 bits per heavy atom. The molecule has 1 saturated heterocycles. The first kappa shape index (κ1) is 12.0. The van der Waals surface area contributed by atoms with E-state index < -0.39 is 0 Å². The molecule has 0 spiro atoms. The second-order valence-electron chi connectivity index (χ2n) is 4.64. The Labute approximate surface area is 102 Å². The summed E-state index contributed by atoms with van der Waals surface area (Å²) in [4.78, 5) is 8.58. The maximum atomic E-state index is 9.36. The predicted octanol–water partition coefficient (Wildman–Crippen LogP) is 1.28. The average molecular weight is 230 g/mol. The molecule has 1 aliphatic rings. The molecule has 1 aliphatic heterocycles. The highest BCUT2D eigenvalue weighted by Gasteiger charge is 2.27. The maximum absolute atomic E-state index is 9.36. The van der Waals surface area contributed by atoms with E-state index in [4.69, 9.17) is 0 Å². The van der Waals surface area contributed by atoms with Gasteiger partial charge in [-0.25, -0.2) is 0 Å². The lowest BCUT2D eigenvalue weighted by molar-refractivity contribution is 0.0881. The van der Waals surface area contributed by atoms with Crippen molar-refractivity contribution in [1.29, 1.82) is 5.26 Å². The van der Waals surface area contributed by atoms with Crippen LogP contribution in [0.3, 0.4) is 0 Å². The molecule has 0 aliphatic carbocycles. The Bertz CT molecular complexity index is 398. The molecular weight excluding hydrogens is 212 g/mol. The number of hydrogen-bond acceptors (Lipinski definition) is 4. The van der Waals surface area contributed by atoms with Crippen molar-refractivity contribution in [3.63, 3.8) is 0 Å². The second-order valence-corrected chi connectivity index (χ2v) is 4.64. The topological polar surface area (TPSA) is 43.2 Å². The Kier molecular flexibility index (Phi) is 3.72. The normalized spacial score (nSPS) is 24.2. The van der Waals surface area contributed by atoms with Gasteiger partial charge in [0.1, 0.15) is 6.04 Å². The minimum absolute atomic E-state index is 0.144. The molecule has 2 unspecified atom stereocenters. The van der Waals surface area contributed by atoms with Crippen LogP contribution in [-0.4, -0.2) is 47.5 Å². The molecule has 4 heteroatoms. The van der Waals surface area contributed by atoms with Crippen LogP contribution in [0.1, 0.15) is 18.5 Å². The molecule has 2 atom stereocenters. The lowest BCUT2D eigenvalue weighted by Gasteiger charge is -2.39. The number of rotatable bonds is 2. The standard InChI is InChI=1S/C13H18N4/c1-11-10-17(8-7-16(11)2)13(9-14)12-3-5-15-6-4-12/h3-6,11,13H,7-8,10H2,1-2H3. The summed E-state index contributed by atoms with van der Waals surface area (Å²) in [6.07, 6.45) is 3.50. The fourth-order valence-electron chi connectivity index (χ4n) is 2.22. The summed E-state index contributed by atoms with van der Waals surface area (Å²) in [7, 11) is 2.13. The molecule has 1 fully saturated rings. The Balaban J connectivity index is 2.13. The fourth-order valence-corrected chi connectivity index (χ4v) is 2.22. The van der Waals surface area contributed by atoms with Crippen LogP contribution in [0.15, 0.2) is 24.5 Å². The van der Waals surface area contributed by atoms with Gasteiger partial charge < -0.3 is 4.90 Å². The van der Waals surface area contributed by atoms with E-state index in [0.717, 1.165) is 25.2 Å². The van der Waals surface area contributed by atoms with Crippen molar-refractivity contribution >= 4 is 0 Å². The van der Waals surface area contributed by atoms with Gasteiger partial charge >= 0.3 is 0 Å². The largest absolute Gasteiger partial charge is 0.301 e. The van der Waals surface area contributed by atoms with Gasteiger partial charge in [-0.05, 0) is 31.7 Å². The van der Waals surface area contributed by atoms with Gasteiger partial charge in [0.25, 0.3) is 0 Å². The number of nitrogens with zero attached hydrogens (tertiary/aromatic N) is 4. The monoisotopic (exact) mass is 230 g/mol. The molecule has 4 nitrogen and oxygen atoms in total. The Morgan fingerprint density at radius 1 is 1.41 bits per heavy atom. The van der Waals surface area contributed by atoms with Crippen molar-refractivity contribution in [1.82, 2.24) is 14.8 Å². The van der Waals surface area contributed by atoms with Gasteiger partial charge in [0.2, 0.25) is 0 Å². The van der Waals surface area contributed by atoms with Gasteiger partial charge in [0, 0.05) is 38.1 Å². The number of aromatic nitrogens is 1. The number of piperazine rings is 1. The van der Waals surface area contributed by atoms with E-state index in [-0.39, 0.29) is 6.04 Å². The van der Waals surface area contributed by atoms with Crippen molar-refractivity contribution in [2.45, 2.75) is 19.0 Å². The average Bonchev–Trinajstić information content (AvgIpc) is 2.36. The van der Waals surface area contributed by atoms with Crippen LogP contribution in [0.25, 0.3) is 0 Å². The van der Waals surface area contributed by atoms with Gasteiger partial charge in [-0.3, -0.25) is 9.88 Å². The highest BCUT2D eigenvalue weighted by atomic mass is 15.3. The third kappa shape index (κ3) is 2.63. The molecule has 0 bridgehead atoms. The molecule has 0 N–H and O–H groups in total. The zero-order valence-electron chi connectivity index (χ0n) is 10.4. The van der Waals surface area contributed by atoms with Crippen molar-refractivity contribution < 1.29 is 0 Å². The number of pyridine rings is 1. The first-order chi connectivity index (χ1) is 8.22. The molecule has 0 saturated carbocycles. The SMILES string of the molecule is CC1CN(C(C#N)c2ccncc2)CCN1C. The van der Waals surface area contributed by atoms with Crippen LogP contribution >= 0.6 is 0 Å². The summed E-state index contributed by atoms with van der Waals surface area (Å²) in [6.45, 7) is 5.11. The summed E-state index contributed by atoms with van der Waals surface area (Å²) in [5.41, 5.74) is 1.04. The van der Waals surface area contributed by atoms with Crippen molar-refractivity contribution in [3.8, 4) is 6.07 Å². The zero-order valence-corrected chi connectivity index (χ0v) is 10.4. The van der Waals surface area contributed by atoms with Crippen LogP contribution in [0, 0.1) is 11.3 Å². The number of likely N-dealkylation sites (N-methyl/N-ethyl adjacent to an activating group) is 1. The third-order valence-electron chi connectivity index (χ3n) is 3.50. The lowest BCUT2D eigenvalue weighted by Crippen LogP contribution is -2.50. The van der Waals surface area contributed by atoms with Crippen molar-refractivity contribution in [2.75, 3.05) is 26.7 Å². The molecule has 1 aromatic heterocycles. The van der Waals surface area contributed by atoms with E-state index in [1.54, 1.807) is 12.4 Å². The first-order valence-corrected chi connectivity index (χ1v) is 5.96. The quantitative estimate of drug-likeness (QED) is 0.767. The minimum atomic E-state index is -0.144. The third-order valence-corrected chi connectivity index (χ3v) is 3.50. The van der Waals surface area contributed by atoms with Gasteiger partial charge in [-0.15, -0.1) is 0 Å². The van der Waals surface area contributed by atoms with Crippen LogP contribution < -0.4 is 0 Å². The molecule has 17 heavy (non-hydrogen) atoms. The summed E-state index contributed by atoms with van der Waals surface area (Å²) in [5, 5.41) is 9.36. The minimum Gasteiger partial charge on any atom is -0.301 e. The summed E-state index contributed by atoms with van der Waals surface area (Å²) in [6, 6.07) is 6.62. The molecule has 2 rings (SSSR count). The number of nitriles is 1. The summed E-state index contributed by atoms with van der Waals surface area (Å²) in [5.74, 6) is 0. The maximum Gasteiger partial charge on any atom is 0.124 e.